The van der Waals surface area contributed by atoms with Gasteiger partial charge in [-0.3, -0.25) is 0 Å². The number of phenols is 1. The van der Waals surface area contributed by atoms with Gasteiger partial charge in [0.2, 0.25) is 0 Å². The van der Waals surface area contributed by atoms with Crippen LogP contribution in [-0.4, -0.2) is 41.3 Å². The van der Waals surface area contributed by atoms with Crippen molar-refractivity contribution in [2.24, 2.45) is 5.73 Å². The lowest BCUT2D eigenvalue weighted by Gasteiger charge is -2.35. The number of nitrogens with zero attached hydrogens (tertiary/aromatic N) is 1. The molecule has 0 aromatic heterocycles. The Kier molecular flexibility index (Phi) is 5.39. The molecule has 1 aliphatic rings. The van der Waals surface area contributed by atoms with Crippen LogP contribution < -0.4 is 15.8 Å². The van der Waals surface area contributed by atoms with E-state index < -0.39 is 30.2 Å². The number of hydrogen-bond donors (Lipinski definition) is 3. The van der Waals surface area contributed by atoms with Crippen LogP contribution in [0, 0.1) is 0 Å². The first-order chi connectivity index (χ1) is 12.2. The van der Waals surface area contributed by atoms with E-state index in [-0.39, 0.29) is 22.8 Å². The number of esters is 1. The summed E-state index contributed by atoms with van der Waals surface area (Å²) in [5.41, 5.74) is 6.02. The molecule has 9 heteroatoms. The molecule has 0 saturated heterocycles. The van der Waals surface area contributed by atoms with Crippen molar-refractivity contribution in [3.63, 3.8) is 0 Å². The van der Waals surface area contributed by atoms with Crippen LogP contribution in [0.4, 0.5) is 9.59 Å². The summed E-state index contributed by atoms with van der Waals surface area (Å²) in [4.78, 5) is 37.5. The number of carbonyl (C=O) groups excluding carboxylic acids is 3. The number of carbonyl (C=O) groups is 3. The van der Waals surface area contributed by atoms with Crippen molar-refractivity contribution < 1.29 is 29.0 Å². The minimum atomic E-state index is -1.12. The maximum Gasteiger partial charge on any atom is 0.338 e. The van der Waals surface area contributed by atoms with Crippen LogP contribution in [0.1, 0.15) is 32.4 Å². The second-order valence-corrected chi connectivity index (χ2v) is 5.96. The van der Waals surface area contributed by atoms with E-state index >= 15 is 0 Å². The lowest BCUT2D eigenvalue weighted by Crippen LogP contribution is -2.53. The number of nitrogens with one attached hydrogen (secondary N) is 1. The molecule has 9 nitrogen and oxygen atoms in total. The van der Waals surface area contributed by atoms with Crippen LogP contribution in [0.25, 0.3) is 0 Å². The summed E-state index contributed by atoms with van der Waals surface area (Å²) in [6, 6.07) is 1.29. The normalized spacial score (nSPS) is 17.2. The van der Waals surface area contributed by atoms with Gasteiger partial charge < -0.3 is 25.6 Å². The SMILES string of the molecule is COc1cc(C2C(C(=O)OC(C)C)=C(C)NC(=O)N2C(N)=O)ccc1O. The van der Waals surface area contributed by atoms with Crippen molar-refractivity contribution in [2.75, 3.05) is 7.11 Å². The quantitative estimate of drug-likeness (QED) is 0.699. The number of methoxy groups -OCH3 is 1. The monoisotopic (exact) mass is 363 g/mol. The van der Waals surface area contributed by atoms with Gasteiger partial charge in [0.15, 0.2) is 11.5 Å². The molecule has 140 valence electrons. The highest BCUT2D eigenvalue weighted by molar-refractivity contribution is 6.01. The number of rotatable bonds is 4. The zero-order chi connectivity index (χ0) is 19.6. The third-order valence-corrected chi connectivity index (χ3v) is 3.77. The van der Waals surface area contributed by atoms with Gasteiger partial charge >= 0.3 is 18.0 Å². The van der Waals surface area contributed by atoms with Crippen molar-refractivity contribution in [3.05, 3.63) is 35.0 Å². The van der Waals surface area contributed by atoms with Crippen molar-refractivity contribution in [1.29, 1.82) is 0 Å². The molecule has 0 bridgehead atoms. The van der Waals surface area contributed by atoms with Crippen LogP contribution in [0.5, 0.6) is 11.5 Å². The van der Waals surface area contributed by atoms with Gasteiger partial charge in [-0.05, 0) is 38.5 Å². The second kappa shape index (κ2) is 7.34. The number of phenolic OH excluding ortho intramolecular Hbond substituents is 1. The maximum atomic E-state index is 12.6. The molecule has 0 fully saturated rings. The summed E-state index contributed by atoms with van der Waals surface area (Å²) in [6.07, 6.45) is -0.405. The highest BCUT2D eigenvalue weighted by atomic mass is 16.5. The van der Waals surface area contributed by atoms with Gasteiger partial charge in [0, 0.05) is 5.70 Å². The number of ether oxygens (including phenoxy) is 2. The minimum Gasteiger partial charge on any atom is -0.504 e. The summed E-state index contributed by atoms with van der Waals surface area (Å²) < 4.78 is 10.3. The Morgan fingerprint density at radius 1 is 1.35 bits per heavy atom. The number of imide groups is 1. The molecule has 0 spiro atoms. The van der Waals surface area contributed by atoms with Gasteiger partial charge in [0.1, 0.15) is 6.04 Å². The minimum absolute atomic E-state index is 0.0600. The van der Waals surface area contributed by atoms with Gasteiger partial charge in [-0.1, -0.05) is 6.07 Å². The van der Waals surface area contributed by atoms with E-state index in [4.69, 9.17) is 15.2 Å². The molecule has 4 N–H and O–H groups in total. The molecule has 1 aromatic carbocycles. The Morgan fingerprint density at radius 3 is 2.54 bits per heavy atom. The van der Waals surface area contributed by atoms with Crippen LogP contribution in [0.2, 0.25) is 0 Å². The lowest BCUT2D eigenvalue weighted by atomic mass is 9.93. The number of benzene rings is 1. The van der Waals surface area contributed by atoms with Gasteiger partial charge in [0.05, 0.1) is 18.8 Å². The molecular weight excluding hydrogens is 342 g/mol. The topological polar surface area (TPSA) is 131 Å². The van der Waals surface area contributed by atoms with Crippen molar-refractivity contribution in [2.45, 2.75) is 32.9 Å². The van der Waals surface area contributed by atoms with Gasteiger partial charge in [0.25, 0.3) is 0 Å². The van der Waals surface area contributed by atoms with E-state index in [1.54, 1.807) is 13.8 Å². The average Bonchev–Trinajstić information content (AvgIpc) is 2.53. The first-order valence-electron chi connectivity index (χ1n) is 7.85. The molecular formula is C17H21N3O6. The third-order valence-electron chi connectivity index (χ3n) is 3.77. The molecule has 1 atom stereocenters. The summed E-state index contributed by atoms with van der Waals surface area (Å²) in [7, 11) is 1.35. The first kappa shape index (κ1) is 19.1. The largest absolute Gasteiger partial charge is 0.504 e. The van der Waals surface area contributed by atoms with Crippen LogP contribution in [0.15, 0.2) is 29.5 Å². The Bertz CT molecular complexity index is 787. The number of amides is 4. The summed E-state index contributed by atoms with van der Waals surface area (Å²) in [5, 5.41) is 12.2. The Morgan fingerprint density at radius 2 is 2.00 bits per heavy atom. The Balaban J connectivity index is 2.66. The highest BCUT2D eigenvalue weighted by Crippen LogP contribution is 2.38. The predicted molar refractivity (Wildman–Crippen MR) is 91.3 cm³/mol. The zero-order valence-corrected chi connectivity index (χ0v) is 14.9. The molecule has 1 aliphatic heterocycles. The van der Waals surface area contributed by atoms with E-state index in [1.165, 1.54) is 32.2 Å². The average molecular weight is 363 g/mol. The summed E-state index contributed by atoms with van der Waals surface area (Å²) >= 11 is 0. The predicted octanol–water partition coefficient (Wildman–Crippen LogP) is 1.77. The fourth-order valence-corrected chi connectivity index (χ4v) is 2.69. The molecule has 0 saturated carbocycles. The van der Waals surface area contributed by atoms with Gasteiger partial charge in [-0.25, -0.2) is 19.3 Å². The first-order valence-corrected chi connectivity index (χ1v) is 7.85. The number of nitrogens with two attached hydrogens (primary N) is 1. The molecule has 1 unspecified atom stereocenters. The molecule has 0 aliphatic carbocycles. The van der Waals surface area contributed by atoms with E-state index in [0.29, 0.717) is 5.56 Å². The lowest BCUT2D eigenvalue weighted by molar-refractivity contribution is -0.143. The van der Waals surface area contributed by atoms with Crippen molar-refractivity contribution >= 4 is 18.0 Å². The van der Waals surface area contributed by atoms with E-state index in [1.807, 2.05) is 0 Å². The third kappa shape index (κ3) is 3.56. The molecule has 1 heterocycles. The number of allylic oxidation sites excluding steroid dienone is 1. The van der Waals surface area contributed by atoms with Crippen LogP contribution in [-0.2, 0) is 9.53 Å². The second-order valence-electron chi connectivity index (χ2n) is 5.96. The Labute approximate surface area is 150 Å². The number of aromatic hydroxyl groups is 1. The number of urea groups is 2. The standard InChI is InChI=1S/C17H21N3O6/c1-8(2)26-15(22)13-9(3)19-17(24)20(16(18)23)14(13)10-5-6-11(21)12(7-10)25-4/h5-8,14,21H,1-4H3,(H2,18,23)(H,19,24). The van der Waals surface area contributed by atoms with Crippen LogP contribution in [0.3, 0.4) is 0 Å². The van der Waals surface area contributed by atoms with E-state index in [2.05, 4.69) is 5.32 Å². The Hall–Kier alpha value is -3.23. The van der Waals surface area contributed by atoms with E-state index in [0.717, 1.165) is 4.90 Å². The molecule has 26 heavy (non-hydrogen) atoms. The van der Waals surface area contributed by atoms with Gasteiger partial charge in [-0.2, -0.15) is 0 Å². The molecule has 4 amide bonds. The fourth-order valence-electron chi connectivity index (χ4n) is 2.69. The molecule has 0 radical (unpaired) electrons. The van der Waals surface area contributed by atoms with Crippen LogP contribution >= 0.6 is 0 Å². The van der Waals surface area contributed by atoms with Crippen molar-refractivity contribution in [3.8, 4) is 11.5 Å². The highest BCUT2D eigenvalue weighted by Gasteiger charge is 2.41. The molecule has 1 aromatic rings. The van der Waals surface area contributed by atoms with Gasteiger partial charge in [-0.15, -0.1) is 0 Å². The maximum absolute atomic E-state index is 12.6. The summed E-state index contributed by atoms with van der Waals surface area (Å²) in [6.45, 7) is 4.89. The van der Waals surface area contributed by atoms with E-state index in [9.17, 15) is 19.5 Å². The van der Waals surface area contributed by atoms with Crippen molar-refractivity contribution in [1.82, 2.24) is 10.2 Å². The fraction of sp³-hybridized carbons (Fsp3) is 0.353. The number of primary amides is 1. The molecule has 2 rings (SSSR count). The zero-order valence-electron chi connectivity index (χ0n) is 14.9. The smallest absolute Gasteiger partial charge is 0.338 e. The number of hydrogen-bond acceptors (Lipinski definition) is 6. The summed E-state index contributed by atoms with van der Waals surface area (Å²) in [5.74, 6) is -0.706.